The minimum absolute atomic E-state index is 0.0314. The number of hydrogen-bond acceptors (Lipinski definition) is 3. The van der Waals surface area contributed by atoms with Gasteiger partial charge in [-0.25, -0.2) is 0 Å². The molecule has 1 rings (SSSR count). The molecule has 0 spiro atoms. The first-order chi connectivity index (χ1) is 9.76. The van der Waals surface area contributed by atoms with Crippen LogP contribution in [0.15, 0.2) is 24.3 Å². The first-order valence-electron chi connectivity index (χ1n) is 7.14. The molecule has 1 atom stereocenters. The van der Waals surface area contributed by atoms with E-state index in [0.717, 1.165) is 5.56 Å². The van der Waals surface area contributed by atoms with Crippen molar-refractivity contribution in [3.05, 3.63) is 35.4 Å². The Morgan fingerprint density at radius 3 is 2.53 bits per heavy atom. The number of ketones is 1. The Morgan fingerprint density at radius 1 is 1.37 bits per heavy atom. The summed E-state index contributed by atoms with van der Waals surface area (Å²) in [5, 5.41) is 2.34. The smallest absolute Gasteiger partial charge is 0.226 e. The molecule has 1 amide bonds. The standard InChI is InChI=1S/C15H21NO3/c1-11-4-6-13(7-5-11)9-16-15(18)14(10-19-3)8-12(2)17/h4-7,14H,8-10H2,1-3H3,(H,16,18)/i9D2. The molecule has 0 saturated carbocycles. The topological polar surface area (TPSA) is 55.4 Å². The van der Waals surface area contributed by atoms with E-state index in [4.69, 9.17) is 7.48 Å². The van der Waals surface area contributed by atoms with E-state index in [1.807, 2.05) is 6.92 Å². The number of rotatable bonds is 7. The maximum atomic E-state index is 12.1. The number of carbonyl (C=O) groups is 2. The van der Waals surface area contributed by atoms with Crippen LogP contribution in [0, 0.1) is 12.8 Å². The Kier molecular flexibility index (Phi) is 5.00. The van der Waals surface area contributed by atoms with Gasteiger partial charge in [0, 0.05) is 20.0 Å². The molecule has 0 radical (unpaired) electrons. The largest absolute Gasteiger partial charge is 0.384 e. The van der Waals surface area contributed by atoms with Crippen molar-refractivity contribution in [1.82, 2.24) is 5.32 Å². The maximum absolute atomic E-state index is 12.1. The molecule has 0 aliphatic carbocycles. The molecule has 0 aliphatic rings. The summed E-state index contributed by atoms with van der Waals surface area (Å²) in [5.41, 5.74) is 1.37. The molecule has 4 heteroatoms. The van der Waals surface area contributed by atoms with Gasteiger partial charge in [0.15, 0.2) is 0 Å². The number of carbonyl (C=O) groups excluding carboxylic acids is 2. The lowest BCUT2D eigenvalue weighted by molar-refractivity contribution is -0.130. The molecule has 1 aromatic rings. The number of Topliss-reactive ketones (excluding diaryl/α,β-unsaturated/α-hetero) is 1. The minimum atomic E-state index is -1.99. The fourth-order valence-electron chi connectivity index (χ4n) is 1.65. The highest BCUT2D eigenvalue weighted by atomic mass is 16.5. The van der Waals surface area contributed by atoms with Gasteiger partial charge in [0.2, 0.25) is 5.91 Å². The average Bonchev–Trinajstić information content (AvgIpc) is 2.37. The second-order valence-corrected chi connectivity index (χ2v) is 4.54. The third-order valence-corrected chi connectivity index (χ3v) is 2.65. The number of nitrogens with one attached hydrogen (secondary N) is 1. The van der Waals surface area contributed by atoms with Gasteiger partial charge in [-0.15, -0.1) is 0 Å². The van der Waals surface area contributed by atoms with Gasteiger partial charge in [-0.2, -0.15) is 0 Å². The van der Waals surface area contributed by atoms with E-state index in [0.29, 0.717) is 5.56 Å². The van der Waals surface area contributed by atoms with Crippen LogP contribution in [0.1, 0.15) is 27.2 Å². The summed E-state index contributed by atoms with van der Waals surface area (Å²) in [6, 6.07) is 6.82. The summed E-state index contributed by atoms with van der Waals surface area (Å²) in [6.45, 7) is 1.38. The Morgan fingerprint density at radius 2 is 2.00 bits per heavy atom. The summed E-state index contributed by atoms with van der Waals surface area (Å²) < 4.78 is 20.9. The van der Waals surface area contributed by atoms with Crippen LogP contribution in [-0.4, -0.2) is 25.4 Å². The molecule has 0 heterocycles. The SMILES string of the molecule is [2H]C([2H])(NC(=O)C(COC)CC(C)=O)c1ccc(C)cc1. The number of aryl methyl sites for hydroxylation is 1. The second-order valence-electron chi connectivity index (χ2n) is 4.54. The van der Waals surface area contributed by atoms with Crippen LogP contribution in [0.5, 0.6) is 0 Å². The van der Waals surface area contributed by atoms with Gasteiger partial charge < -0.3 is 14.8 Å². The number of amides is 1. The van der Waals surface area contributed by atoms with Crippen LogP contribution in [0.25, 0.3) is 0 Å². The van der Waals surface area contributed by atoms with Crippen LogP contribution in [0.3, 0.4) is 0 Å². The van der Waals surface area contributed by atoms with E-state index in [-0.39, 0.29) is 18.8 Å². The van der Waals surface area contributed by atoms with Gasteiger partial charge in [-0.05, 0) is 19.4 Å². The lowest BCUT2D eigenvalue weighted by Gasteiger charge is -2.14. The minimum Gasteiger partial charge on any atom is -0.384 e. The predicted molar refractivity (Wildman–Crippen MR) is 73.7 cm³/mol. The summed E-state index contributed by atoms with van der Waals surface area (Å²) in [4.78, 5) is 23.3. The fraction of sp³-hybridized carbons (Fsp3) is 0.467. The number of methoxy groups -OCH3 is 1. The first kappa shape index (κ1) is 12.4. The molecule has 0 fully saturated rings. The molecule has 1 aromatic carbocycles. The lowest BCUT2D eigenvalue weighted by atomic mass is 10.0. The van der Waals surface area contributed by atoms with Crippen molar-refractivity contribution in [3.8, 4) is 0 Å². The van der Waals surface area contributed by atoms with Gasteiger partial charge in [-0.1, -0.05) is 29.8 Å². The third kappa shape index (κ3) is 5.66. The van der Waals surface area contributed by atoms with E-state index >= 15 is 0 Å². The highest BCUT2D eigenvalue weighted by molar-refractivity contribution is 5.85. The molecule has 4 nitrogen and oxygen atoms in total. The zero-order chi connectivity index (χ0) is 16.0. The molecule has 1 unspecified atom stereocenters. The average molecular weight is 265 g/mol. The molecule has 0 bridgehead atoms. The summed E-state index contributed by atoms with van der Waals surface area (Å²) in [5.74, 6) is -1.35. The van der Waals surface area contributed by atoms with Crippen LogP contribution in [-0.2, 0) is 20.8 Å². The summed E-state index contributed by atoms with van der Waals surface area (Å²) in [7, 11) is 1.44. The number of hydrogen-bond donors (Lipinski definition) is 1. The highest BCUT2D eigenvalue weighted by Crippen LogP contribution is 2.07. The number of benzene rings is 1. The quantitative estimate of drug-likeness (QED) is 0.818. The van der Waals surface area contributed by atoms with E-state index in [9.17, 15) is 9.59 Å². The van der Waals surface area contributed by atoms with E-state index in [1.165, 1.54) is 14.0 Å². The van der Waals surface area contributed by atoms with Crippen LogP contribution in [0.2, 0.25) is 0 Å². The van der Waals surface area contributed by atoms with Crippen molar-refractivity contribution < 1.29 is 17.1 Å². The maximum Gasteiger partial charge on any atom is 0.226 e. The monoisotopic (exact) mass is 265 g/mol. The molecule has 0 aromatic heterocycles. The zero-order valence-corrected chi connectivity index (χ0v) is 11.5. The van der Waals surface area contributed by atoms with Crippen LogP contribution in [0.4, 0.5) is 0 Å². The van der Waals surface area contributed by atoms with Gasteiger partial charge in [0.05, 0.1) is 15.3 Å². The Hall–Kier alpha value is -1.68. The Balaban J connectivity index is 2.82. The molecule has 1 N–H and O–H groups in total. The van der Waals surface area contributed by atoms with Crippen molar-refractivity contribution in [2.75, 3.05) is 13.7 Å². The fourth-order valence-corrected chi connectivity index (χ4v) is 1.65. The molecular weight excluding hydrogens is 242 g/mol. The van der Waals surface area contributed by atoms with Crippen molar-refractivity contribution in [3.63, 3.8) is 0 Å². The van der Waals surface area contributed by atoms with Crippen LogP contribution < -0.4 is 5.32 Å². The normalized spacial score (nSPS) is 14.3. The zero-order valence-electron chi connectivity index (χ0n) is 13.5. The third-order valence-electron chi connectivity index (χ3n) is 2.65. The molecule has 19 heavy (non-hydrogen) atoms. The number of ether oxygens (including phenoxy) is 1. The second kappa shape index (κ2) is 7.69. The predicted octanol–water partition coefficient (Wildman–Crippen LogP) is 1.85. The first-order valence-corrected chi connectivity index (χ1v) is 6.14. The van der Waals surface area contributed by atoms with Gasteiger partial charge >= 0.3 is 0 Å². The molecular formula is C15H21NO3. The van der Waals surface area contributed by atoms with Crippen LogP contribution >= 0.6 is 0 Å². The molecule has 0 saturated heterocycles. The van der Waals surface area contributed by atoms with E-state index in [1.54, 1.807) is 24.3 Å². The Bertz CT molecular complexity index is 500. The van der Waals surface area contributed by atoms with Crippen molar-refractivity contribution in [2.45, 2.75) is 26.8 Å². The molecule has 0 aliphatic heterocycles. The van der Waals surface area contributed by atoms with Gasteiger partial charge in [0.1, 0.15) is 5.78 Å². The van der Waals surface area contributed by atoms with Crippen molar-refractivity contribution in [2.24, 2.45) is 5.92 Å². The lowest BCUT2D eigenvalue weighted by Crippen LogP contribution is -2.33. The van der Waals surface area contributed by atoms with Gasteiger partial charge in [0.25, 0.3) is 0 Å². The summed E-state index contributed by atoms with van der Waals surface area (Å²) in [6.07, 6.45) is 0.0314. The highest BCUT2D eigenvalue weighted by Gasteiger charge is 2.19. The van der Waals surface area contributed by atoms with Crippen molar-refractivity contribution >= 4 is 11.7 Å². The van der Waals surface area contributed by atoms with E-state index < -0.39 is 18.3 Å². The van der Waals surface area contributed by atoms with Gasteiger partial charge in [-0.3, -0.25) is 4.79 Å². The van der Waals surface area contributed by atoms with Crippen molar-refractivity contribution in [1.29, 1.82) is 0 Å². The Labute approximate surface area is 117 Å². The summed E-state index contributed by atoms with van der Waals surface area (Å²) >= 11 is 0. The van der Waals surface area contributed by atoms with E-state index in [2.05, 4.69) is 5.32 Å². The molecule has 104 valence electrons.